The van der Waals surface area contributed by atoms with Crippen LogP contribution in [-0.2, 0) is 11.3 Å². The van der Waals surface area contributed by atoms with Crippen molar-refractivity contribution in [1.82, 2.24) is 24.1 Å². The molecule has 0 unspecified atom stereocenters. The van der Waals surface area contributed by atoms with Gasteiger partial charge in [-0.25, -0.2) is 0 Å². The van der Waals surface area contributed by atoms with Gasteiger partial charge in [-0.15, -0.1) is 10.2 Å². The summed E-state index contributed by atoms with van der Waals surface area (Å²) in [4.78, 5) is 14.6. The summed E-state index contributed by atoms with van der Waals surface area (Å²) in [6.07, 6.45) is 3.44. The molecule has 29 heavy (non-hydrogen) atoms. The Hall–Kier alpha value is -2.80. The number of likely N-dealkylation sites (tertiary alicyclic amines) is 1. The number of rotatable bonds is 5. The van der Waals surface area contributed by atoms with E-state index >= 15 is 0 Å². The third-order valence-electron chi connectivity index (χ3n) is 5.49. The SMILES string of the molecule is O=C(CSc1nnc2n(Cc3ccccc3)c3ccccc3n12)N1CCCCC1. The van der Waals surface area contributed by atoms with Crippen molar-refractivity contribution < 1.29 is 4.79 Å². The topological polar surface area (TPSA) is 55.4 Å². The molecule has 2 aromatic heterocycles. The molecule has 6 nitrogen and oxygen atoms in total. The van der Waals surface area contributed by atoms with Crippen LogP contribution in [0.25, 0.3) is 16.8 Å². The molecule has 2 aromatic carbocycles. The van der Waals surface area contributed by atoms with E-state index in [0.29, 0.717) is 5.75 Å². The zero-order chi connectivity index (χ0) is 19.6. The van der Waals surface area contributed by atoms with E-state index in [2.05, 4.69) is 55.6 Å². The predicted molar refractivity (Wildman–Crippen MR) is 115 cm³/mol. The van der Waals surface area contributed by atoms with Crippen LogP contribution >= 0.6 is 11.8 Å². The highest BCUT2D eigenvalue weighted by Crippen LogP contribution is 2.27. The second-order valence-corrected chi connectivity index (χ2v) is 8.35. The van der Waals surface area contributed by atoms with Gasteiger partial charge in [-0.3, -0.25) is 9.20 Å². The molecule has 1 aliphatic heterocycles. The molecule has 0 N–H and O–H groups in total. The summed E-state index contributed by atoms with van der Waals surface area (Å²) in [5, 5.41) is 9.65. The second kappa shape index (κ2) is 7.91. The second-order valence-electron chi connectivity index (χ2n) is 7.41. The smallest absolute Gasteiger partial charge is 0.237 e. The first kappa shape index (κ1) is 18.2. The number of amides is 1. The van der Waals surface area contributed by atoms with E-state index < -0.39 is 0 Å². The molecule has 1 amide bonds. The molecule has 1 saturated heterocycles. The standard InChI is InChI=1S/C22H23N5OS/c28-20(25-13-7-2-8-14-25)16-29-22-24-23-21-26(15-17-9-3-1-4-10-17)18-11-5-6-12-19(18)27(21)22/h1,3-6,9-12H,2,7-8,13-16H2. The highest BCUT2D eigenvalue weighted by molar-refractivity contribution is 7.99. The Labute approximate surface area is 173 Å². The summed E-state index contributed by atoms with van der Waals surface area (Å²) in [5.74, 6) is 1.40. The minimum Gasteiger partial charge on any atom is -0.342 e. The van der Waals surface area contributed by atoms with Gasteiger partial charge in [-0.2, -0.15) is 0 Å². The van der Waals surface area contributed by atoms with Gasteiger partial charge in [0.25, 0.3) is 0 Å². The van der Waals surface area contributed by atoms with Crippen LogP contribution in [0, 0.1) is 0 Å². The van der Waals surface area contributed by atoms with Gasteiger partial charge in [0.1, 0.15) is 0 Å². The molecule has 4 aromatic rings. The lowest BCUT2D eigenvalue weighted by atomic mass is 10.1. The minimum absolute atomic E-state index is 0.194. The molecular weight excluding hydrogens is 382 g/mol. The average molecular weight is 406 g/mol. The molecule has 5 rings (SSSR count). The van der Waals surface area contributed by atoms with Crippen LogP contribution in [0.4, 0.5) is 0 Å². The molecule has 148 valence electrons. The lowest BCUT2D eigenvalue weighted by Gasteiger charge is -2.26. The zero-order valence-electron chi connectivity index (χ0n) is 16.2. The molecule has 0 bridgehead atoms. The molecule has 0 radical (unpaired) electrons. The molecule has 1 fully saturated rings. The van der Waals surface area contributed by atoms with Crippen LogP contribution in [0.2, 0.25) is 0 Å². The van der Waals surface area contributed by atoms with Crippen molar-refractivity contribution in [2.75, 3.05) is 18.8 Å². The zero-order valence-corrected chi connectivity index (χ0v) is 17.0. The van der Waals surface area contributed by atoms with Gasteiger partial charge in [0.2, 0.25) is 11.7 Å². The number of hydrogen-bond acceptors (Lipinski definition) is 4. The van der Waals surface area contributed by atoms with Crippen LogP contribution in [0.3, 0.4) is 0 Å². The van der Waals surface area contributed by atoms with Gasteiger partial charge in [-0.1, -0.05) is 54.2 Å². The summed E-state index contributed by atoms with van der Waals surface area (Å²) in [7, 11) is 0. The Morgan fingerprint density at radius 1 is 0.897 bits per heavy atom. The fraction of sp³-hybridized carbons (Fsp3) is 0.318. The van der Waals surface area contributed by atoms with E-state index in [9.17, 15) is 4.79 Å². The van der Waals surface area contributed by atoms with Gasteiger partial charge in [0.15, 0.2) is 5.16 Å². The first-order chi connectivity index (χ1) is 14.3. The Morgan fingerprint density at radius 3 is 2.41 bits per heavy atom. The predicted octanol–water partition coefficient (Wildman–Crippen LogP) is 3.84. The van der Waals surface area contributed by atoms with Gasteiger partial charge >= 0.3 is 0 Å². The largest absolute Gasteiger partial charge is 0.342 e. The number of aromatic nitrogens is 4. The third-order valence-corrected chi connectivity index (χ3v) is 6.40. The van der Waals surface area contributed by atoms with Gasteiger partial charge in [0, 0.05) is 13.1 Å². The van der Waals surface area contributed by atoms with E-state index in [4.69, 9.17) is 0 Å². The number of nitrogens with zero attached hydrogens (tertiary/aromatic N) is 5. The van der Waals surface area contributed by atoms with E-state index in [1.165, 1.54) is 23.7 Å². The summed E-state index contributed by atoms with van der Waals surface area (Å²) >= 11 is 1.48. The van der Waals surface area contributed by atoms with Crippen molar-refractivity contribution in [1.29, 1.82) is 0 Å². The summed E-state index contributed by atoms with van der Waals surface area (Å²) in [6.45, 7) is 2.49. The van der Waals surface area contributed by atoms with E-state index in [-0.39, 0.29) is 5.91 Å². The lowest BCUT2D eigenvalue weighted by Crippen LogP contribution is -2.36. The Balaban J connectivity index is 1.46. The molecule has 0 aliphatic carbocycles. The van der Waals surface area contributed by atoms with Gasteiger partial charge < -0.3 is 9.47 Å². The summed E-state index contributed by atoms with van der Waals surface area (Å²) < 4.78 is 4.26. The maximum atomic E-state index is 12.6. The number of hydrogen-bond donors (Lipinski definition) is 0. The Morgan fingerprint density at radius 2 is 1.62 bits per heavy atom. The normalized spacial score (nSPS) is 14.7. The number of carbonyl (C=O) groups is 1. The Bertz CT molecular complexity index is 1140. The van der Waals surface area contributed by atoms with Crippen LogP contribution in [-0.4, -0.2) is 48.8 Å². The number of para-hydroxylation sites is 2. The van der Waals surface area contributed by atoms with Crippen molar-refractivity contribution >= 4 is 34.5 Å². The molecule has 0 spiro atoms. The van der Waals surface area contributed by atoms with Crippen LogP contribution < -0.4 is 0 Å². The fourth-order valence-electron chi connectivity index (χ4n) is 4.01. The quantitative estimate of drug-likeness (QED) is 0.474. The number of thioether (sulfide) groups is 1. The van der Waals surface area contributed by atoms with Crippen molar-refractivity contribution in [2.24, 2.45) is 0 Å². The average Bonchev–Trinajstić information content (AvgIpc) is 3.33. The van der Waals surface area contributed by atoms with Gasteiger partial charge in [-0.05, 0) is 37.0 Å². The van der Waals surface area contributed by atoms with Crippen molar-refractivity contribution in [2.45, 2.75) is 31.0 Å². The molecular formula is C22H23N5OS. The van der Waals surface area contributed by atoms with Gasteiger partial charge in [0.05, 0.1) is 23.3 Å². The van der Waals surface area contributed by atoms with Crippen LogP contribution in [0.5, 0.6) is 0 Å². The fourth-order valence-corrected chi connectivity index (χ4v) is 4.86. The molecule has 0 saturated carbocycles. The minimum atomic E-state index is 0.194. The number of benzene rings is 2. The summed E-state index contributed by atoms with van der Waals surface area (Å²) in [6, 6.07) is 18.6. The highest BCUT2D eigenvalue weighted by atomic mass is 32.2. The first-order valence-electron chi connectivity index (χ1n) is 10.1. The number of piperidine rings is 1. The molecule has 3 heterocycles. The third kappa shape index (κ3) is 3.51. The molecule has 7 heteroatoms. The van der Waals surface area contributed by atoms with E-state index in [1.807, 2.05) is 23.1 Å². The Kier molecular flexibility index (Phi) is 4.97. The van der Waals surface area contributed by atoms with E-state index in [1.54, 1.807) is 0 Å². The van der Waals surface area contributed by atoms with Crippen molar-refractivity contribution in [3.63, 3.8) is 0 Å². The summed E-state index contributed by atoms with van der Waals surface area (Å²) in [5.41, 5.74) is 3.40. The van der Waals surface area contributed by atoms with Crippen molar-refractivity contribution in [3.8, 4) is 0 Å². The number of imidazole rings is 1. The maximum absolute atomic E-state index is 12.6. The lowest BCUT2D eigenvalue weighted by molar-refractivity contribution is -0.129. The monoisotopic (exact) mass is 405 g/mol. The van der Waals surface area contributed by atoms with E-state index in [0.717, 1.165) is 54.4 Å². The first-order valence-corrected chi connectivity index (χ1v) is 11.1. The molecule has 1 aliphatic rings. The number of fused-ring (bicyclic) bond motifs is 3. The highest BCUT2D eigenvalue weighted by Gasteiger charge is 2.20. The number of carbonyl (C=O) groups excluding carboxylic acids is 1. The van der Waals surface area contributed by atoms with Crippen molar-refractivity contribution in [3.05, 3.63) is 60.2 Å². The molecule has 0 atom stereocenters. The van der Waals surface area contributed by atoms with Crippen LogP contribution in [0.1, 0.15) is 24.8 Å². The van der Waals surface area contributed by atoms with Crippen LogP contribution in [0.15, 0.2) is 59.8 Å². The maximum Gasteiger partial charge on any atom is 0.237 e.